The van der Waals surface area contributed by atoms with E-state index in [1.54, 1.807) is 0 Å². The zero-order valence-electron chi connectivity index (χ0n) is 11.4. The SMILES string of the molecule is CCCC[C@H](NC(=O)c1cc(F)cc(F)c1)C(=O)OC. The van der Waals surface area contributed by atoms with Crippen molar-refractivity contribution in [2.75, 3.05) is 7.11 Å². The molecular weight excluding hydrogens is 268 g/mol. The van der Waals surface area contributed by atoms with Crippen LogP contribution in [0, 0.1) is 11.6 Å². The maximum Gasteiger partial charge on any atom is 0.328 e. The molecule has 1 rings (SSSR count). The Balaban J connectivity index is 2.81. The van der Waals surface area contributed by atoms with Crippen molar-refractivity contribution in [2.45, 2.75) is 32.2 Å². The topological polar surface area (TPSA) is 55.4 Å². The molecule has 0 heterocycles. The monoisotopic (exact) mass is 285 g/mol. The van der Waals surface area contributed by atoms with Crippen LogP contribution >= 0.6 is 0 Å². The molecule has 20 heavy (non-hydrogen) atoms. The minimum Gasteiger partial charge on any atom is -0.467 e. The zero-order valence-corrected chi connectivity index (χ0v) is 11.4. The van der Waals surface area contributed by atoms with Crippen LogP contribution in [-0.2, 0) is 9.53 Å². The number of amides is 1. The molecule has 110 valence electrons. The lowest BCUT2D eigenvalue weighted by Gasteiger charge is -2.16. The number of hydrogen-bond acceptors (Lipinski definition) is 3. The molecule has 0 unspecified atom stereocenters. The number of esters is 1. The minimum atomic E-state index is -0.849. The Kier molecular flexibility index (Phi) is 6.09. The second kappa shape index (κ2) is 7.57. The van der Waals surface area contributed by atoms with Gasteiger partial charge in [-0.1, -0.05) is 19.8 Å². The Morgan fingerprint density at radius 3 is 2.35 bits per heavy atom. The number of unbranched alkanes of at least 4 members (excludes halogenated alkanes) is 1. The molecule has 0 radical (unpaired) electrons. The van der Waals surface area contributed by atoms with Crippen LogP contribution in [0.15, 0.2) is 18.2 Å². The molecule has 1 amide bonds. The molecule has 1 atom stereocenters. The molecule has 0 aliphatic heterocycles. The maximum atomic E-state index is 13.0. The van der Waals surface area contributed by atoms with E-state index in [1.165, 1.54) is 7.11 Å². The van der Waals surface area contributed by atoms with Gasteiger partial charge < -0.3 is 10.1 Å². The van der Waals surface area contributed by atoms with Gasteiger partial charge in [0.15, 0.2) is 0 Å². The van der Waals surface area contributed by atoms with Crippen LogP contribution in [0.1, 0.15) is 36.5 Å². The van der Waals surface area contributed by atoms with Gasteiger partial charge in [-0.15, -0.1) is 0 Å². The average molecular weight is 285 g/mol. The van der Waals surface area contributed by atoms with Crippen molar-refractivity contribution < 1.29 is 23.1 Å². The third kappa shape index (κ3) is 4.60. The number of hydrogen-bond donors (Lipinski definition) is 1. The van der Waals surface area contributed by atoms with Gasteiger partial charge >= 0.3 is 5.97 Å². The van der Waals surface area contributed by atoms with E-state index in [-0.39, 0.29) is 5.56 Å². The van der Waals surface area contributed by atoms with Crippen molar-refractivity contribution in [1.82, 2.24) is 5.32 Å². The lowest BCUT2D eigenvalue weighted by molar-refractivity contribution is -0.143. The first-order valence-electron chi connectivity index (χ1n) is 6.32. The molecule has 0 spiro atoms. The number of halogens is 2. The predicted molar refractivity (Wildman–Crippen MR) is 69.2 cm³/mol. The number of nitrogens with one attached hydrogen (secondary N) is 1. The Morgan fingerprint density at radius 1 is 1.25 bits per heavy atom. The van der Waals surface area contributed by atoms with Crippen LogP contribution in [0.5, 0.6) is 0 Å². The number of ether oxygens (including phenoxy) is 1. The van der Waals surface area contributed by atoms with Crippen molar-refractivity contribution >= 4 is 11.9 Å². The summed E-state index contributed by atoms with van der Waals surface area (Å²) >= 11 is 0. The molecule has 0 aliphatic rings. The Hall–Kier alpha value is -1.98. The molecule has 0 saturated heterocycles. The van der Waals surface area contributed by atoms with Crippen molar-refractivity contribution in [1.29, 1.82) is 0 Å². The summed E-state index contributed by atoms with van der Waals surface area (Å²) in [5.74, 6) is -2.99. The fourth-order valence-corrected chi connectivity index (χ4v) is 1.73. The summed E-state index contributed by atoms with van der Waals surface area (Å²) in [4.78, 5) is 23.4. The summed E-state index contributed by atoms with van der Waals surface area (Å²) in [5.41, 5.74) is -0.173. The second-order valence-corrected chi connectivity index (χ2v) is 4.35. The number of carbonyl (C=O) groups excluding carboxylic acids is 2. The molecule has 1 aromatic carbocycles. The summed E-state index contributed by atoms with van der Waals surface area (Å²) in [6.07, 6.45) is 1.97. The van der Waals surface area contributed by atoms with Crippen LogP contribution in [0.25, 0.3) is 0 Å². The second-order valence-electron chi connectivity index (χ2n) is 4.35. The van der Waals surface area contributed by atoms with Gasteiger partial charge in [-0.05, 0) is 18.6 Å². The molecule has 1 N–H and O–H groups in total. The maximum absolute atomic E-state index is 13.0. The van der Waals surface area contributed by atoms with E-state index in [0.717, 1.165) is 25.0 Å². The summed E-state index contributed by atoms with van der Waals surface area (Å²) in [6, 6.07) is 1.67. The van der Waals surface area contributed by atoms with E-state index < -0.39 is 29.6 Å². The van der Waals surface area contributed by atoms with Crippen LogP contribution in [0.3, 0.4) is 0 Å². The predicted octanol–water partition coefficient (Wildman–Crippen LogP) is 2.43. The fraction of sp³-hybridized carbons (Fsp3) is 0.429. The van der Waals surface area contributed by atoms with Gasteiger partial charge in [-0.3, -0.25) is 4.79 Å². The van der Waals surface area contributed by atoms with Gasteiger partial charge in [0.2, 0.25) is 0 Å². The van der Waals surface area contributed by atoms with Gasteiger partial charge in [0.25, 0.3) is 5.91 Å². The van der Waals surface area contributed by atoms with Crippen LogP contribution in [0.2, 0.25) is 0 Å². The molecule has 0 bridgehead atoms. The van der Waals surface area contributed by atoms with Gasteiger partial charge in [-0.2, -0.15) is 0 Å². The smallest absolute Gasteiger partial charge is 0.328 e. The first kappa shape index (κ1) is 16.1. The Bertz CT molecular complexity index is 471. The molecule has 0 saturated carbocycles. The van der Waals surface area contributed by atoms with Gasteiger partial charge in [0.05, 0.1) is 7.11 Å². The van der Waals surface area contributed by atoms with E-state index in [0.29, 0.717) is 12.5 Å². The number of carbonyl (C=O) groups is 2. The summed E-state index contributed by atoms with van der Waals surface area (Å²) in [6.45, 7) is 1.94. The van der Waals surface area contributed by atoms with Gasteiger partial charge in [0.1, 0.15) is 17.7 Å². The van der Waals surface area contributed by atoms with E-state index >= 15 is 0 Å². The van der Waals surface area contributed by atoms with E-state index in [9.17, 15) is 18.4 Å². The normalized spacial score (nSPS) is 11.8. The van der Waals surface area contributed by atoms with Crippen molar-refractivity contribution in [3.05, 3.63) is 35.4 Å². The van der Waals surface area contributed by atoms with E-state index in [1.807, 2.05) is 6.92 Å². The van der Waals surface area contributed by atoms with Crippen molar-refractivity contribution in [3.63, 3.8) is 0 Å². The third-order valence-corrected chi connectivity index (χ3v) is 2.76. The minimum absolute atomic E-state index is 0.173. The van der Waals surface area contributed by atoms with Crippen LogP contribution in [-0.4, -0.2) is 25.0 Å². The molecule has 1 aromatic rings. The van der Waals surface area contributed by atoms with E-state index in [2.05, 4.69) is 10.1 Å². The highest BCUT2D eigenvalue weighted by atomic mass is 19.1. The first-order valence-corrected chi connectivity index (χ1v) is 6.32. The first-order chi connectivity index (χ1) is 9.47. The molecule has 4 nitrogen and oxygen atoms in total. The molecular formula is C14H17F2NO3. The molecule has 0 fully saturated rings. The highest BCUT2D eigenvalue weighted by Crippen LogP contribution is 2.09. The van der Waals surface area contributed by atoms with E-state index in [4.69, 9.17) is 0 Å². The summed E-state index contributed by atoms with van der Waals surface area (Å²) in [7, 11) is 1.22. The largest absolute Gasteiger partial charge is 0.467 e. The van der Waals surface area contributed by atoms with Crippen LogP contribution in [0.4, 0.5) is 8.78 Å². The fourth-order valence-electron chi connectivity index (χ4n) is 1.73. The molecule has 6 heteroatoms. The number of benzene rings is 1. The Labute approximate surface area is 116 Å². The summed E-state index contributed by atoms with van der Waals surface area (Å²) in [5, 5.41) is 2.43. The van der Waals surface area contributed by atoms with Crippen LogP contribution < -0.4 is 5.32 Å². The standard InChI is InChI=1S/C14H17F2NO3/c1-3-4-5-12(14(19)20-2)17-13(18)9-6-10(15)8-11(16)7-9/h6-8,12H,3-5H2,1-2H3,(H,17,18)/t12-/m0/s1. The third-order valence-electron chi connectivity index (χ3n) is 2.76. The highest BCUT2D eigenvalue weighted by Gasteiger charge is 2.22. The lowest BCUT2D eigenvalue weighted by Crippen LogP contribution is -2.41. The lowest BCUT2D eigenvalue weighted by atomic mass is 10.1. The number of rotatable bonds is 6. The summed E-state index contributed by atoms with van der Waals surface area (Å²) < 4.78 is 30.7. The van der Waals surface area contributed by atoms with Gasteiger partial charge in [0, 0.05) is 11.6 Å². The van der Waals surface area contributed by atoms with Crippen molar-refractivity contribution in [2.24, 2.45) is 0 Å². The average Bonchev–Trinajstić information content (AvgIpc) is 2.41. The quantitative estimate of drug-likeness (QED) is 0.817. The highest BCUT2D eigenvalue weighted by molar-refractivity contribution is 5.96. The zero-order chi connectivity index (χ0) is 15.1. The molecule has 0 aliphatic carbocycles. The van der Waals surface area contributed by atoms with Crippen molar-refractivity contribution in [3.8, 4) is 0 Å². The van der Waals surface area contributed by atoms with Gasteiger partial charge in [-0.25, -0.2) is 13.6 Å². The number of methoxy groups -OCH3 is 1. The Morgan fingerprint density at radius 2 is 1.85 bits per heavy atom. The molecule has 0 aromatic heterocycles.